The van der Waals surface area contributed by atoms with Gasteiger partial charge in [-0.05, 0) is 44.6 Å². The number of nitrogens with zero attached hydrogens (tertiary/aromatic N) is 1. The Hall–Kier alpha value is -2.43. The van der Waals surface area contributed by atoms with Crippen molar-refractivity contribution >= 4 is 34.4 Å². The van der Waals surface area contributed by atoms with Gasteiger partial charge < -0.3 is 18.9 Å². The maximum atomic E-state index is 12.9. The third kappa shape index (κ3) is 3.50. The number of carbonyl (C=O) groups excluding carboxylic acids is 3. The summed E-state index contributed by atoms with van der Waals surface area (Å²) in [7, 11) is 3.64. The Balaban J connectivity index is 1.50. The van der Waals surface area contributed by atoms with Crippen molar-refractivity contribution in [1.82, 2.24) is 4.90 Å². The molecule has 10 heteroatoms. The summed E-state index contributed by atoms with van der Waals surface area (Å²) in [5.74, 6) is -1.45. The van der Waals surface area contributed by atoms with Crippen molar-refractivity contribution in [1.29, 1.82) is 0 Å². The number of nitrogens with one attached hydrogen (secondary N) is 1. The van der Waals surface area contributed by atoms with Gasteiger partial charge in [-0.25, -0.2) is 9.59 Å². The Kier molecular flexibility index (Phi) is 5.06. The van der Waals surface area contributed by atoms with E-state index in [1.807, 2.05) is 37.4 Å². The molecule has 9 nitrogen and oxygen atoms in total. The molecule has 0 aromatic carbocycles. The van der Waals surface area contributed by atoms with Crippen molar-refractivity contribution < 1.29 is 33.3 Å². The van der Waals surface area contributed by atoms with E-state index in [0.717, 1.165) is 0 Å². The molecule has 1 amide bonds. The quantitative estimate of drug-likeness (QED) is 0.414. The van der Waals surface area contributed by atoms with Gasteiger partial charge in [0.05, 0.1) is 28.1 Å². The van der Waals surface area contributed by atoms with Crippen LogP contribution in [0.4, 0.5) is 9.80 Å². The summed E-state index contributed by atoms with van der Waals surface area (Å²) in [5, 5.41) is 5.23. The average molecular weight is 463 g/mol. The van der Waals surface area contributed by atoms with Crippen LogP contribution in [0.25, 0.3) is 0 Å². The van der Waals surface area contributed by atoms with Crippen LogP contribution in [0.1, 0.15) is 20.3 Å². The summed E-state index contributed by atoms with van der Waals surface area (Å²) in [5.41, 5.74) is -0.255. The number of hydrogen-bond donors (Lipinski definition) is 1. The molecule has 0 radical (unpaired) electrons. The Bertz CT molecular complexity index is 977. The van der Waals surface area contributed by atoms with E-state index in [9.17, 15) is 14.4 Å². The van der Waals surface area contributed by atoms with E-state index in [2.05, 4.69) is 5.32 Å². The van der Waals surface area contributed by atoms with E-state index in [1.54, 1.807) is 19.1 Å². The number of rotatable bonds is 3. The first-order valence-corrected chi connectivity index (χ1v) is 11.5. The van der Waals surface area contributed by atoms with Crippen LogP contribution in [0.2, 0.25) is 0 Å². The summed E-state index contributed by atoms with van der Waals surface area (Å²) in [6, 6.07) is 3.03. The second-order valence-corrected chi connectivity index (χ2v) is 10.2. The van der Waals surface area contributed by atoms with Crippen LogP contribution in [0.3, 0.4) is 0 Å². The molecular weight excluding hydrogens is 436 g/mol. The van der Waals surface area contributed by atoms with E-state index >= 15 is 0 Å². The average Bonchev–Trinajstić information content (AvgIpc) is 3.05. The van der Waals surface area contributed by atoms with Crippen LogP contribution in [-0.4, -0.2) is 73.1 Å². The fraction of sp³-hybridized carbons (Fsp3) is 0.591. The van der Waals surface area contributed by atoms with Gasteiger partial charge in [-0.2, -0.15) is 0 Å². The zero-order chi connectivity index (χ0) is 22.8. The lowest BCUT2D eigenvalue weighted by atomic mass is 9.79. The van der Waals surface area contributed by atoms with Crippen LogP contribution in [0, 0.1) is 11.8 Å². The molecule has 1 aliphatic carbocycles. The van der Waals surface area contributed by atoms with Crippen molar-refractivity contribution in [3.63, 3.8) is 0 Å². The lowest BCUT2D eigenvalue weighted by molar-refractivity contribution is -0.144. The predicted octanol–water partition coefficient (Wildman–Crippen LogP) is 2.19. The molecule has 2 fully saturated rings. The van der Waals surface area contributed by atoms with Gasteiger partial charge in [-0.15, -0.1) is 11.3 Å². The molecule has 172 valence electrons. The molecular formula is C22H26N2O7S. The van der Waals surface area contributed by atoms with Crippen molar-refractivity contribution in [3.8, 4) is 0 Å². The topological polar surface area (TPSA) is 107 Å². The van der Waals surface area contributed by atoms with E-state index < -0.39 is 54.0 Å². The molecule has 0 saturated carbocycles. The number of hydrogen-bond acceptors (Lipinski definition) is 9. The first-order chi connectivity index (χ1) is 15.2. The molecule has 3 aliphatic heterocycles. The van der Waals surface area contributed by atoms with E-state index in [0.29, 0.717) is 17.0 Å². The highest BCUT2D eigenvalue weighted by Crippen LogP contribution is 2.51. The van der Waals surface area contributed by atoms with Gasteiger partial charge in [-0.1, -0.05) is 6.92 Å². The zero-order valence-electron chi connectivity index (χ0n) is 18.3. The molecule has 0 spiro atoms. The summed E-state index contributed by atoms with van der Waals surface area (Å²) in [6.45, 7) is 3.72. The van der Waals surface area contributed by atoms with Crippen LogP contribution in [0.5, 0.6) is 0 Å². The minimum absolute atomic E-state index is 0.284. The number of amides is 1. The highest BCUT2D eigenvalue weighted by atomic mass is 32.1. The van der Waals surface area contributed by atoms with Gasteiger partial charge in [0.25, 0.3) is 0 Å². The SMILES string of the molecule is CC1C(=O)O[C@H]2C[C@]3(C)O[C@H]3[C@H](OC(=O)Nc3cccs3)[C@@H](N(C)C)C3=C[C@@H](OC3=O)[C@H]12. The lowest BCUT2D eigenvalue weighted by Gasteiger charge is -2.32. The number of fused-ring (bicyclic) bond motifs is 4. The van der Waals surface area contributed by atoms with Gasteiger partial charge in [-0.3, -0.25) is 15.0 Å². The molecule has 1 aromatic rings. The van der Waals surface area contributed by atoms with Crippen molar-refractivity contribution in [2.45, 2.75) is 56.3 Å². The van der Waals surface area contributed by atoms with Gasteiger partial charge in [0.1, 0.15) is 18.3 Å². The predicted molar refractivity (Wildman–Crippen MR) is 114 cm³/mol. The van der Waals surface area contributed by atoms with E-state index in [4.69, 9.17) is 18.9 Å². The van der Waals surface area contributed by atoms with Crippen molar-refractivity contribution in [3.05, 3.63) is 29.2 Å². The number of esters is 2. The number of anilines is 1. The molecule has 5 rings (SSSR count). The zero-order valence-corrected chi connectivity index (χ0v) is 19.1. The van der Waals surface area contributed by atoms with Crippen molar-refractivity contribution in [2.75, 3.05) is 19.4 Å². The number of epoxide rings is 1. The standard InChI is InChI=1S/C22H26N2O7S/c1-10-15-12-8-11(20(26)28-12)16(24(3)4)17(30-21(27)23-14-6-5-7-32-14)18-22(2,31-18)9-13(15)29-19(10)25/h5-8,10,12-13,15-18H,9H2,1-4H3,(H,23,27)/t10?,12-,13+,15+,16+,17-,18+,22+/m1/s1. The fourth-order valence-electron chi connectivity index (χ4n) is 5.25. The normalized spacial score (nSPS) is 40.0. The highest BCUT2D eigenvalue weighted by Gasteiger charge is 2.65. The van der Waals surface area contributed by atoms with Gasteiger partial charge >= 0.3 is 18.0 Å². The fourth-order valence-corrected chi connectivity index (χ4v) is 5.85. The minimum atomic E-state index is -0.765. The number of carbonyl (C=O) groups is 3. The van der Waals surface area contributed by atoms with Gasteiger partial charge in [0.2, 0.25) is 0 Å². The lowest BCUT2D eigenvalue weighted by Crippen LogP contribution is -2.49. The Morgan fingerprint density at radius 3 is 2.78 bits per heavy atom. The minimum Gasteiger partial charge on any atom is -0.462 e. The van der Waals surface area contributed by atoms with Crippen LogP contribution >= 0.6 is 11.3 Å². The first kappa shape index (κ1) is 21.4. The second kappa shape index (κ2) is 7.57. The molecule has 1 N–H and O–H groups in total. The van der Waals surface area contributed by atoms with Crippen LogP contribution in [0.15, 0.2) is 29.2 Å². The molecule has 1 aromatic heterocycles. The smallest absolute Gasteiger partial charge is 0.412 e. The summed E-state index contributed by atoms with van der Waals surface area (Å²) >= 11 is 1.38. The second-order valence-electron chi connectivity index (χ2n) is 9.27. The number of likely N-dealkylation sites (N-methyl/N-ethyl adjacent to an activating group) is 1. The maximum absolute atomic E-state index is 12.9. The maximum Gasteiger partial charge on any atom is 0.412 e. The van der Waals surface area contributed by atoms with Gasteiger partial charge in [0.15, 0.2) is 6.10 Å². The first-order valence-electron chi connectivity index (χ1n) is 10.7. The number of thiophene rings is 1. The summed E-state index contributed by atoms with van der Waals surface area (Å²) in [4.78, 5) is 39.8. The molecule has 4 heterocycles. The molecule has 1 unspecified atom stereocenters. The Morgan fingerprint density at radius 2 is 2.09 bits per heavy atom. The van der Waals surface area contributed by atoms with Gasteiger partial charge in [0, 0.05) is 12.3 Å². The molecule has 2 saturated heterocycles. The molecule has 32 heavy (non-hydrogen) atoms. The van der Waals surface area contributed by atoms with Crippen LogP contribution in [-0.2, 0) is 28.5 Å². The van der Waals surface area contributed by atoms with E-state index in [-0.39, 0.29) is 11.9 Å². The Labute approximate surface area is 189 Å². The third-order valence-electron chi connectivity index (χ3n) is 6.87. The largest absolute Gasteiger partial charge is 0.462 e. The molecule has 2 bridgehead atoms. The summed E-state index contributed by atoms with van der Waals surface area (Å²) in [6.07, 6.45) is -0.683. The monoisotopic (exact) mass is 462 g/mol. The van der Waals surface area contributed by atoms with E-state index in [1.165, 1.54) is 11.3 Å². The van der Waals surface area contributed by atoms with Crippen LogP contribution < -0.4 is 5.32 Å². The molecule has 8 atom stereocenters. The molecule has 4 aliphatic rings. The number of ether oxygens (including phenoxy) is 4. The van der Waals surface area contributed by atoms with Crippen molar-refractivity contribution in [2.24, 2.45) is 11.8 Å². The summed E-state index contributed by atoms with van der Waals surface area (Å²) < 4.78 is 23.3. The highest BCUT2D eigenvalue weighted by molar-refractivity contribution is 7.14. The Morgan fingerprint density at radius 1 is 1.31 bits per heavy atom. The third-order valence-corrected chi connectivity index (χ3v) is 7.65.